The number of aromatic hydroxyl groups is 1. The molecule has 104 valence electrons. The number of anilines is 1. The lowest BCUT2D eigenvalue weighted by Gasteiger charge is -2.06. The fourth-order valence-electron chi connectivity index (χ4n) is 2.28. The molecular formula is C18H16N2O. The van der Waals surface area contributed by atoms with Crippen molar-refractivity contribution in [3.8, 4) is 5.75 Å². The Balaban J connectivity index is 1.93. The number of nitrogens with one attached hydrogen (secondary N) is 1. The van der Waals surface area contributed by atoms with Crippen LogP contribution < -0.4 is 5.43 Å². The van der Waals surface area contributed by atoms with Gasteiger partial charge < -0.3 is 5.11 Å². The zero-order valence-electron chi connectivity index (χ0n) is 11.7. The van der Waals surface area contributed by atoms with Gasteiger partial charge in [-0.25, -0.2) is 0 Å². The number of benzene rings is 3. The van der Waals surface area contributed by atoms with Crippen LogP contribution in [0.2, 0.25) is 0 Å². The lowest BCUT2D eigenvalue weighted by atomic mass is 10.0. The van der Waals surface area contributed by atoms with Crippen molar-refractivity contribution < 1.29 is 5.11 Å². The molecule has 0 saturated heterocycles. The van der Waals surface area contributed by atoms with Gasteiger partial charge in [0.15, 0.2) is 0 Å². The van der Waals surface area contributed by atoms with Gasteiger partial charge in [0.05, 0.1) is 11.9 Å². The standard InChI is InChI=1S/C18H16N2O/c1-13-6-2-5-9-17(13)20-19-12-16-15-8-4-3-7-14(15)10-11-18(16)21/h2-12,20-21H,1H3. The van der Waals surface area contributed by atoms with Crippen LogP contribution in [0.3, 0.4) is 0 Å². The van der Waals surface area contributed by atoms with Crippen LogP contribution in [0.1, 0.15) is 11.1 Å². The predicted octanol–water partition coefficient (Wildman–Crippen LogP) is 4.30. The lowest BCUT2D eigenvalue weighted by molar-refractivity contribution is 0.475. The number of phenolic OH excluding ortho intramolecular Hbond substituents is 1. The van der Waals surface area contributed by atoms with E-state index in [0.29, 0.717) is 5.56 Å². The predicted molar refractivity (Wildman–Crippen MR) is 88.0 cm³/mol. The number of phenols is 1. The molecule has 2 N–H and O–H groups in total. The minimum absolute atomic E-state index is 0.226. The smallest absolute Gasteiger partial charge is 0.125 e. The second-order valence-electron chi connectivity index (χ2n) is 4.90. The van der Waals surface area contributed by atoms with Gasteiger partial charge in [-0.1, -0.05) is 48.5 Å². The third-order valence-corrected chi connectivity index (χ3v) is 3.47. The number of hydrazone groups is 1. The van der Waals surface area contributed by atoms with Crippen molar-refractivity contribution in [2.24, 2.45) is 5.10 Å². The van der Waals surface area contributed by atoms with Gasteiger partial charge in [-0.15, -0.1) is 0 Å². The largest absolute Gasteiger partial charge is 0.507 e. The molecule has 3 aromatic rings. The molecule has 0 aliphatic carbocycles. The van der Waals surface area contributed by atoms with Gasteiger partial charge in [-0.3, -0.25) is 5.43 Å². The average molecular weight is 276 g/mol. The van der Waals surface area contributed by atoms with Crippen molar-refractivity contribution in [3.05, 3.63) is 71.8 Å². The molecule has 0 saturated carbocycles. The van der Waals surface area contributed by atoms with Gasteiger partial charge in [-0.05, 0) is 35.4 Å². The van der Waals surface area contributed by atoms with Crippen molar-refractivity contribution in [2.45, 2.75) is 6.92 Å². The van der Waals surface area contributed by atoms with E-state index in [4.69, 9.17) is 0 Å². The minimum atomic E-state index is 0.226. The number of hydrogen-bond donors (Lipinski definition) is 2. The van der Waals surface area contributed by atoms with Crippen molar-refractivity contribution in [2.75, 3.05) is 5.43 Å². The Morgan fingerprint density at radius 2 is 1.71 bits per heavy atom. The zero-order chi connectivity index (χ0) is 14.7. The molecule has 0 aromatic heterocycles. The third-order valence-electron chi connectivity index (χ3n) is 3.47. The van der Waals surface area contributed by atoms with E-state index in [1.807, 2.05) is 61.5 Å². The molecule has 3 aromatic carbocycles. The van der Waals surface area contributed by atoms with Gasteiger partial charge in [0.1, 0.15) is 5.75 Å². The van der Waals surface area contributed by atoms with Crippen molar-refractivity contribution in [1.82, 2.24) is 0 Å². The molecule has 0 atom stereocenters. The van der Waals surface area contributed by atoms with Gasteiger partial charge in [0.25, 0.3) is 0 Å². The van der Waals surface area contributed by atoms with Crippen LogP contribution in [0.25, 0.3) is 10.8 Å². The monoisotopic (exact) mass is 276 g/mol. The Morgan fingerprint density at radius 3 is 2.57 bits per heavy atom. The minimum Gasteiger partial charge on any atom is -0.507 e. The molecule has 3 nitrogen and oxygen atoms in total. The number of fused-ring (bicyclic) bond motifs is 1. The fraction of sp³-hybridized carbons (Fsp3) is 0.0556. The summed E-state index contributed by atoms with van der Waals surface area (Å²) in [6.45, 7) is 2.02. The third kappa shape index (κ3) is 2.72. The summed E-state index contributed by atoms with van der Waals surface area (Å²) in [6, 6.07) is 19.4. The summed E-state index contributed by atoms with van der Waals surface area (Å²) in [5.74, 6) is 0.226. The summed E-state index contributed by atoms with van der Waals surface area (Å²) in [6.07, 6.45) is 1.66. The van der Waals surface area contributed by atoms with Crippen molar-refractivity contribution in [1.29, 1.82) is 0 Å². The molecule has 0 heterocycles. The highest BCUT2D eigenvalue weighted by molar-refractivity contribution is 6.02. The summed E-state index contributed by atoms with van der Waals surface area (Å²) < 4.78 is 0. The summed E-state index contributed by atoms with van der Waals surface area (Å²) in [5, 5.41) is 16.3. The quantitative estimate of drug-likeness (QED) is 0.553. The van der Waals surface area contributed by atoms with Crippen molar-refractivity contribution in [3.63, 3.8) is 0 Å². The Hall–Kier alpha value is -2.81. The maximum absolute atomic E-state index is 10.0. The molecule has 0 spiro atoms. The maximum atomic E-state index is 10.0. The fourth-order valence-corrected chi connectivity index (χ4v) is 2.28. The van der Waals surface area contributed by atoms with Gasteiger partial charge >= 0.3 is 0 Å². The summed E-state index contributed by atoms with van der Waals surface area (Å²) in [7, 11) is 0. The molecule has 0 radical (unpaired) electrons. The molecule has 3 rings (SSSR count). The van der Waals surface area contributed by atoms with E-state index < -0.39 is 0 Å². The lowest BCUT2D eigenvalue weighted by Crippen LogP contribution is -1.93. The second kappa shape index (κ2) is 5.67. The van der Waals surface area contributed by atoms with Crippen LogP contribution in [0.5, 0.6) is 5.75 Å². The first-order valence-electron chi connectivity index (χ1n) is 6.81. The summed E-state index contributed by atoms with van der Waals surface area (Å²) in [4.78, 5) is 0. The van der Waals surface area contributed by atoms with Crippen LogP contribution in [0.15, 0.2) is 65.8 Å². The average Bonchev–Trinajstić information content (AvgIpc) is 2.51. The molecule has 0 amide bonds. The summed E-state index contributed by atoms with van der Waals surface area (Å²) >= 11 is 0. The molecule has 3 heteroatoms. The van der Waals surface area contributed by atoms with E-state index in [2.05, 4.69) is 10.5 Å². The molecule has 0 bridgehead atoms. The number of hydrogen-bond acceptors (Lipinski definition) is 3. The molecular weight excluding hydrogens is 260 g/mol. The first-order valence-corrected chi connectivity index (χ1v) is 6.81. The van der Waals surface area contributed by atoms with E-state index in [0.717, 1.165) is 22.0 Å². The normalized spacial score (nSPS) is 11.1. The molecule has 0 unspecified atom stereocenters. The Bertz CT molecular complexity index is 809. The van der Waals surface area contributed by atoms with Crippen LogP contribution in [0.4, 0.5) is 5.69 Å². The van der Waals surface area contributed by atoms with E-state index in [-0.39, 0.29) is 5.75 Å². The van der Waals surface area contributed by atoms with E-state index in [1.54, 1.807) is 12.3 Å². The Morgan fingerprint density at radius 1 is 0.952 bits per heavy atom. The maximum Gasteiger partial charge on any atom is 0.125 e. The van der Waals surface area contributed by atoms with Gasteiger partial charge in [0, 0.05) is 5.56 Å². The Kier molecular flexibility index (Phi) is 3.56. The number of nitrogens with zero attached hydrogens (tertiary/aromatic N) is 1. The number of aryl methyl sites for hydroxylation is 1. The van der Waals surface area contributed by atoms with Crippen LogP contribution in [-0.4, -0.2) is 11.3 Å². The van der Waals surface area contributed by atoms with Gasteiger partial charge in [-0.2, -0.15) is 5.10 Å². The highest BCUT2D eigenvalue weighted by Crippen LogP contribution is 2.25. The topological polar surface area (TPSA) is 44.6 Å². The van der Waals surface area contributed by atoms with Crippen LogP contribution >= 0.6 is 0 Å². The van der Waals surface area contributed by atoms with Gasteiger partial charge in [0.2, 0.25) is 0 Å². The van der Waals surface area contributed by atoms with E-state index in [1.165, 1.54) is 0 Å². The number of rotatable bonds is 3. The zero-order valence-corrected chi connectivity index (χ0v) is 11.7. The van der Waals surface area contributed by atoms with Crippen LogP contribution in [0, 0.1) is 6.92 Å². The molecule has 0 aliphatic heterocycles. The molecule has 0 aliphatic rings. The highest BCUT2D eigenvalue weighted by atomic mass is 16.3. The second-order valence-corrected chi connectivity index (χ2v) is 4.90. The number of para-hydroxylation sites is 1. The van der Waals surface area contributed by atoms with Crippen molar-refractivity contribution >= 4 is 22.7 Å². The Labute approximate surface area is 123 Å². The summed E-state index contributed by atoms with van der Waals surface area (Å²) in [5.41, 5.74) is 5.80. The van der Waals surface area contributed by atoms with E-state index in [9.17, 15) is 5.11 Å². The molecule has 0 fully saturated rings. The first-order chi connectivity index (χ1) is 10.3. The highest BCUT2D eigenvalue weighted by Gasteiger charge is 2.04. The first kappa shape index (κ1) is 13.2. The molecule has 21 heavy (non-hydrogen) atoms. The SMILES string of the molecule is Cc1ccccc1NN=Cc1c(O)ccc2ccccc12. The van der Waals surface area contributed by atoms with E-state index >= 15 is 0 Å². The van der Waals surface area contributed by atoms with Crippen LogP contribution in [-0.2, 0) is 0 Å².